The molecule has 0 saturated heterocycles. The van der Waals surface area contributed by atoms with Gasteiger partial charge in [0, 0.05) is 37.9 Å². The summed E-state index contributed by atoms with van der Waals surface area (Å²) in [5.74, 6) is 0.534. The van der Waals surface area contributed by atoms with Crippen LogP contribution in [0, 0.1) is 19.1 Å². The fraction of sp³-hybridized carbons (Fsp3) is 0.171. The molecule has 46 heavy (non-hydrogen) atoms. The van der Waals surface area contributed by atoms with E-state index < -0.39 is 8.07 Å². The molecule has 233 valence electrons. The second-order valence-corrected chi connectivity index (χ2v) is 17.9. The summed E-state index contributed by atoms with van der Waals surface area (Å²) in [4.78, 5) is 9.11. The number of benzene rings is 4. The molecule has 1 radical (unpaired) electrons. The average molecular weight is 795 g/mol. The van der Waals surface area contributed by atoms with Gasteiger partial charge in [-0.05, 0) is 52.7 Å². The Kier molecular flexibility index (Phi) is 10.2. The molecular weight excluding hydrogens is 757 g/mol. The Bertz CT molecular complexity index is 2060. The van der Waals surface area contributed by atoms with Gasteiger partial charge in [-0.2, -0.15) is 0 Å². The zero-order valence-electron chi connectivity index (χ0n) is 27.2. The van der Waals surface area contributed by atoms with Crippen LogP contribution in [0.4, 0.5) is 0 Å². The number of hydrogen-bond donors (Lipinski definition) is 0. The minimum atomic E-state index is -1.34. The maximum Gasteiger partial charge on any atom is 0.121 e. The summed E-state index contributed by atoms with van der Waals surface area (Å²) in [6.07, 6.45) is 3.89. The summed E-state index contributed by atoms with van der Waals surface area (Å²) in [6, 6.07) is 41.7. The van der Waals surface area contributed by atoms with E-state index in [0.29, 0.717) is 5.92 Å². The summed E-state index contributed by atoms with van der Waals surface area (Å²) in [5.41, 5.74) is 10.6. The van der Waals surface area contributed by atoms with Gasteiger partial charge in [0.25, 0.3) is 0 Å². The van der Waals surface area contributed by atoms with Crippen molar-refractivity contribution in [2.24, 2.45) is 0 Å². The minimum absolute atomic E-state index is 0. The number of pyridine rings is 2. The summed E-state index contributed by atoms with van der Waals surface area (Å²) >= 11 is 0. The molecule has 0 atom stereocenters. The van der Waals surface area contributed by atoms with Crippen molar-refractivity contribution in [3.8, 4) is 33.6 Å². The number of fused-ring (bicyclic) bond motifs is 3. The Morgan fingerprint density at radius 3 is 2.15 bits per heavy atom. The Balaban J connectivity index is 0.000000187. The quantitative estimate of drug-likeness (QED) is 0.129. The molecule has 4 aromatic carbocycles. The molecule has 5 heteroatoms. The van der Waals surface area contributed by atoms with E-state index in [1.807, 2.05) is 42.5 Å². The van der Waals surface area contributed by atoms with Crippen molar-refractivity contribution in [2.45, 2.75) is 46.3 Å². The van der Waals surface area contributed by atoms with Gasteiger partial charge < -0.3 is 14.4 Å². The van der Waals surface area contributed by atoms with E-state index in [1.54, 1.807) is 6.20 Å². The van der Waals surface area contributed by atoms with Crippen molar-refractivity contribution in [3.63, 3.8) is 0 Å². The summed E-state index contributed by atoms with van der Waals surface area (Å²) in [5, 5.41) is 3.68. The predicted octanol–water partition coefficient (Wildman–Crippen LogP) is 10.6. The van der Waals surface area contributed by atoms with E-state index in [-0.39, 0.29) is 20.1 Å². The summed E-state index contributed by atoms with van der Waals surface area (Å²) < 4.78 is 6.25. The molecular formula is C41H38IrN2OSi-2. The first-order valence-corrected chi connectivity index (χ1v) is 19.0. The zero-order valence-corrected chi connectivity index (χ0v) is 30.6. The van der Waals surface area contributed by atoms with Gasteiger partial charge in [0.2, 0.25) is 0 Å². The molecule has 0 spiro atoms. The van der Waals surface area contributed by atoms with Crippen LogP contribution in [0.3, 0.4) is 0 Å². The molecule has 0 aliphatic heterocycles. The first-order valence-electron chi connectivity index (χ1n) is 15.5. The molecule has 3 nitrogen and oxygen atoms in total. The molecule has 0 saturated carbocycles. The molecule has 0 aliphatic rings. The Morgan fingerprint density at radius 1 is 0.717 bits per heavy atom. The fourth-order valence-electron chi connectivity index (χ4n) is 5.64. The van der Waals surface area contributed by atoms with Gasteiger partial charge in [-0.1, -0.05) is 110 Å². The van der Waals surface area contributed by atoms with E-state index in [0.717, 1.165) is 50.0 Å². The number of aromatic nitrogens is 2. The molecule has 7 rings (SSSR count). The van der Waals surface area contributed by atoms with E-state index in [1.165, 1.54) is 21.9 Å². The molecule has 3 aromatic heterocycles. The van der Waals surface area contributed by atoms with Crippen LogP contribution >= 0.6 is 0 Å². The van der Waals surface area contributed by atoms with Crippen LogP contribution in [0.15, 0.2) is 120 Å². The van der Waals surface area contributed by atoms with Crippen LogP contribution < -0.4 is 5.19 Å². The Morgan fingerprint density at radius 2 is 1.48 bits per heavy atom. The van der Waals surface area contributed by atoms with Crippen LogP contribution in [0.5, 0.6) is 0 Å². The number of aryl methyl sites for hydroxylation is 1. The van der Waals surface area contributed by atoms with Gasteiger partial charge in [0.15, 0.2) is 0 Å². The van der Waals surface area contributed by atoms with Gasteiger partial charge in [0.1, 0.15) is 5.58 Å². The Hall–Kier alpha value is -4.15. The van der Waals surface area contributed by atoms with Gasteiger partial charge in [-0.3, -0.25) is 0 Å². The maximum atomic E-state index is 6.25. The molecule has 7 aromatic rings. The molecule has 0 unspecified atom stereocenters. The van der Waals surface area contributed by atoms with Crippen molar-refractivity contribution in [2.75, 3.05) is 0 Å². The third kappa shape index (κ3) is 7.13. The summed E-state index contributed by atoms with van der Waals surface area (Å²) in [6.45, 7) is 13.8. The molecule has 0 fully saturated rings. The third-order valence-corrected chi connectivity index (χ3v) is 10.1. The first-order chi connectivity index (χ1) is 21.7. The maximum absolute atomic E-state index is 6.25. The largest absolute Gasteiger partial charge is 0.501 e. The van der Waals surface area contributed by atoms with Gasteiger partial charge in [-0.15, -0.1) is 54.1 Å². The predicted molar refractivity (Wildman–Crippen MR) is 192 cm³/mol. The topological polar surface area (TPSA) is 38.9 Å². The van der Waals surface area contributed by atoms with E-state index in [4.69, 9.17) is 4.42 Å². The smallest absolute Gasteiger partial charge is 0.121 e. The number of nitrogens with zero attached hydrogens (tertiary/aromatic N) is 2. The normalized spacial score (nSPS) is 11.3. The van der Waals surface area contributed by atoms with Crippen molar-refractivity contribution >= 4 is 35.2 Å². The second-order valence-electron chi connectivity index (χ2n) is 12.8. The Labute approximate surface area is 287 Å². The monoisotopic (exact) mass is 795 g/mol. The van der Waals surface area contributed by atoms with Crippen LogP contribution in [0.2, 0.25) is 19.6 Å². The minimum Gasteiger partial charge on any atom is -0.501 e. The van der Waals surface area contributed by atoms with Crippen molar-refractivity contribution in [3.05, 3.63) is 139 Å². The molecule has 0 aliphatic carbocycles. The molecule has 3 heterocycles. The average Bonchev–Trinajstić information content (AvgIpc) is 3.44. The van der Waals surface area contributed by atoms with Gasteiger partial charge in [0.05, 0.1) is 13.7 Å². The SMILES string of the molecule is CC(C)c1cc(-c2[c-]cccc2)ncc1[Si](C)(C)C.Cc1ccc(-c2ccc3c(c2)oc2c(-c4ccccn4)[c-]ccc23)cc1.[Ir]. The van der Waals surface area contributed by atoms with Crippen LogP contribution in [-0.4, -0.2) is 18.0 Å². The first kappa shape index (κ1) is 33.2. The van der Waals surface area contributed by atoms with Gasteiger partial charge in [-0.25, -0.2) is 0 Å². The number of rotatable bonds is 5. The van der Waals surface area contributed by atoms with Crippen LogP contribution in [0.25, 0.3) is 55.6 Å². The van der Waals surface area contributed by atoms with E-state index in [9.17, 15) is 0 Å². The van der Waals surface area contributed by atoms with E-state index in [2.05, 4.69) is 129 Å². The molecule has 0 N–H and O–H groups in total. The van der Waals surface area contributed by atoms with Crippen molar-refractivity contribution in [1.82, 2.24) is 9.97 Å². The third-order valence-electron chi connectivity index (χ3n) is 8.09. The number of hydrogen-bond acceptors (Lipinski definition) is 3. The van der Waals surface area contributed by atoms with Gasteiger partial charge >= 0.3 is 0 Å². The van der Waals surface area contributed by atoms with Crippen molar-refractivity contribution < 1.29 is 24.5 Å². The summed E-state index contributed by atoms with van der Waals surface area (Å²) in [7, 11) is -1.34. The zero-order chi connectivity index (χ0) is 31.6. The van der Waals surface area contributed by atoms with Crippen molar-refractivity contribution in [1.29, 1.82) is 0 Å². The molecule has 0 amide bonds. The molecule has 0 bridgehead atoms. The number of furan rings is 1. The van der Waals surface area contributed by atoms with Crippen LogP contribution in [-0.2, 0) is 20.1 Å². The second kappa shape index (κ2) is 14.1. The van der Waals surface area contributed by atoms with E-state index >= 15 is 0 Å². The fourth-order valence-corrected chi connectivity index (χ4v) is 7.32. The van der Waals surface area contributed by atoms with Crippen LogP contribution in [0.1, 0.15) is 30.9 Å². The standard InChI is InChI=1S/C24H16NO.C17H22NSi.Ir/c1-16-8-10-17(11-9-16)18-12-13-19-20-5-4-6-21(22-7-2-3-14-25-22)24(20)26-23(19)15-18;1-13(2)15-11-16(14-9-7-6-8-10-14)18-12-17(15)19(3,4)5;/h2-5,7-15H,1H3;6-9,11-13H,1-5H3;/q2*-1;.